The van der Waals surface area contributed by atoms with Crippen molar-refractivity contribution >= 4 is 11.8 Å². The fraction of sp³-hybridized carbons (Fsp3) is 0.522. The van der Waals surface area contributed by atoms with Crippen LogP contribution in [-0.2, 0) is 16.0 Å². The molecule has 0 saturated carbocycles. The summed E-state index contributed by atoms with van der Waals surface area (Å²) in [4.78, 5) is 27.5. The van der Waals surface area contributed by atoms with Crippen LogP contribution in [0.15, 0.2) is 34.9 Å². The van der Waals surface area contributed by atoms with Gasteiger partial charge in [0.15, 0.2) is 0 Å². The van der Waals surface area contributed by atoms with Gasteiger partial charge in [-0.3, -0.25) is 9.59 Å². The summed E-state index contributed by atoms with van der Waals surface area (Å²) >= 11 is 0. The van der Waals surface area contributed by atoms with Crippen LogP contribution in [0.5, 0.6) is 0 Å². The van der Waals surface area contributed by atoms with Gasteiger partial charge in [0.1, 0.15) is 5.76 Å². The first kappa shape index (κ1) is 20.6. The Morgan fingerprint density at radius 1 is 1.27 bits per heavy atom. The smallest absolute Gasteiger partial charge is 0.227 e. The van der Waals surface area contributed by atoms with Crippen molar-refractivity contribution in [3.8, 4) is 0 Å². The maximum atomic E-state index is 13.0. The lowest BCUT2D eigenvalue weighted by Crippen LogP contribution is -2.57. The summed E-state index contributed by atoms with van der Waals surface area (Å²) in [6, 6.07) is 9.20. The van der Waals surface area contributed by atoms with E-state index in [2.05, 4.69) is 10.5 Å². The Bertz CT molecular complexity index is 896. The van der Waals surface area contributed by atoms with Gasteiger partial charge < -0.3 is 19.8 Å². The van der Waals surface area contributed by atoms with Crippen LogP contribution in [0.1, 0.15) is 54.3 Å². The van der Waals surface area contributed by atoms with E-state index >= 15 is 0 Å². The highest BCUT2D eigenvalue weighted by Gasteiger charge is 2.49. The van der Waals surface area contributed by atoms with Crippen LogP contribution in [0.4, 0.5) is 0 Å². The molecular formula is C23H29N3O4. The predicted molar refractivity (Wildman–Crippen MR) is 110 cm³/mol. The normalized spacial score (nSPS) is 23.4. The van der Waals surface area contributed by atoms with Gasteiger partial charge in [-0.2, -0.15) is 0 Å². The summed E-state index contributed by atoms with van der Waals surface area (Å²) in [5.41, 5.74) is 2.15. The van der Waals surface area contributed by atoms with E-state index in [0.29, 0.717) is 45.2 Å². The second-order valence-corrected chi connectivity index (χ2v) is 8.60. The molecule has 2 N–H and O–H groups in total. The van der Waals surface area contributed by atoms with Crippen molar-refractivity contribution in [1.82, 2.24) is 15.4 Å². The minimum absolute atomic E-state index is 0.00975. The van der Waals surface area contributed by atoms with Gasteiger partial charge in [-0.1, -0.05) is 35.5 Å². The zero-order valence-electron chi connectivity index (χ0n) is 17.6. The molecule has 1 aromatic carbocycles. The molecule has 0 aliphatic carbocycles. The Morgan fingerprint density at radius 3 is 2.60 bits per heavy atom. The van der Waals surface area contributed by atoms with Crippen molar-refractivity contribution < 1.29 is 19.2 Å². The van der Waals surface area contributed by atoms with Gasteiger partial charge in [0.25, 0.3) is 0 Å². The van der Waals surface area contributed by atoms with Gasteiger partial charge in [0, 0.05) is 25.1 Å². The molecule has 3 heterocycles. The van der Waals surface area contributed by atoms with E-state index in [1.54, 1.807) is 0 Å². The Hall–Kier alpha value is -2.67. The number of aliphatic hydroxyl groups is 1. The number of carbonyl (C=O) groups excluding carboxylic acids is 2. The molecule has 0 bridgehead atoms. The van der Waals surface area contributed by atoms with Gasteiger partial charge in [-0.05, 0) is 45.1 Å². The highest BCUT2D eigenvalue weighted by Crippen LogP contribution is 2.42. The first-order valence-corrected chi connectivity index (χ1v) is 10.6. The van der Waals surface area contributed by atoms with Crippen LogP contribution in [0, 0.1) is 19.3 Å². The van der Waals surface area contributed by atoms with Crippen LogP contribution < -0.4 is 5.32 Å². The van der Waals surface area contributed by atoms with Gasteiger partial charge in [0.05, 0.1) is 23.3 Å². The summed E-state index contributed by atoms with van der Waals surface area (Å²) in [5.74, 6) is 0.840. The van der Waals surface area contributed by atoms with Crippen molar-refractivity contribution in [2.24, 2.45) is 5.41 Å². The molecule has 2 aromatic rings. The van der Waals surface area contributed by atoms with Crippen molar-refractivity contribution in [2.45, 2.75) is 58.1 Å². The van der Waals surface area contributed by atoms with Gasteiger partial charge in [0.2, 0.25) is 11.8 Å². The number of aromatic nitrogens is 1. The van der Waals surface area contributed by atoms with E-state index in [4.69, 9.17) is 4.52 Å². The molecule has 7 nitrogen and oxygen atoms in total. The molecule has 2 saturated heterocycles. The second kappa shape index (κ2) is 8.22. The van der Waals surface area contributed by atoms with Crippen molar-refractivity contribution in [2.75, 3.05) is 13.1 Å². The number of hydrogen-bond acceptors (Lipinski definition) is 5. The van der Waals surface area contributed by atoms with Crippen molar-refractivity contribution in [1.29, 1.82) is 0 Å². The minimum Gasteiger partial charge on any atom is -0.391 e. The number of benzene rings is 1. The average Bonchev–Trinajstić information content (AvgIpc) is 3.07. The van der Waals surface area contributed by atoms with Gasteiger partial charge in [-0.15, -0.1) is 0 Å². The molecule has 1 aromatic heterocycles. The Kier molecular flexibility index (Phi) is 5.64. The third-order valence-electron chi connectivity index (χ3n) is 6.75. The second-order valence-electron chi connectivity index (χ2n) is 8.60. The van der Waals surface area contributed by atoms with Crippen LogP contribution in [0.2, 0.25) is 0 Å². The first-order valence-electron chi connectivity index (χ1n) is 10.6. The SMILES string of the molecule is Cc1noc(C)c1CCC(=O)N1CCC2(CC1)C[C@@H](O)[C@H](c1ccccc1)NC2=O. The summed E-state index contributed by atoms with van der Waals surface area (Å²) in [6.07, 6.45) is 1.97. The predicted octanol–water partition coefficient (Wildman–Crippen LogP) is 2.45. The molecule has 2 amide bonds. The Labute approximate surface area is 176 Å². The monoisotopic (exact) mass is 411 g/mol. The molecule has 2 atom stereocenters. The fourth-order valence-corrected chi connectivity index (χ4v) is 4.83. The zero-order valence-corrected chi connectivity index (χ0v) is 17.6. The third kappa shape index (κ3) is 3.86. The summed E-state index contributed by atoms with van der Waals surface area (Å²) in [6.45, 7) is 4.82. The van der Waals surface area contributed by atoms with Gasteiger partial charge in [-0.25, -0.2) is 0 Å². The third-order valence-corrected chi connectivity index (χ3v) is 6.75. The Balaban J connectivity index is 1.34. The molecule has 0 unspecified atom stereocenters. The topological polar surface area (TPSA) is 95.7 Å². The van der Waals surface area contributed by atoms with E-state index in [1.807, 2.05) is 49.1 Å². The van der Waals surface area contributed by atoms with Crippen LogP contribution in [0.25, 0.3) is 0 Å². The highest BCUT2D eigenvalue weighted by molar-refractivity contribution is 5.85. The van der Waals surface area contributed by atoms with E-state index < -0.39 is 11.5 Å². The van der Waals surface area contributed by atoms with E-state index in [-0.39, 0.29) is 17.9 Å². The zero-order chi connectivity index (χ0) is 21.3. The van der Waals surface area contributed by atoms with E-state index in [0.717, 1.165) is 22.6 Å². The summed E-state index contributed by atoms with van der Waals surface area (Å²) < 4.78 is 5.17. The number of likely N-dealkylation sites (tertiary alicyclic amines) is 1. The number of amides is 2. The van der Waals surface area contributed by atoms with Crippen LogP contribution in [-0.4, -0.2) is 46.2 Å². The standard InChI is InChI=1S/C23H29N3O4/c1-15-18(16(2)30-25-15)8-9-20(28)26-12-10-23(11-13-26)14-19(27)21(24-22(23)29)17-6-4-3-5-7-17/h3-7,19,21,27H,8-14H2,1-2H3,(H,24,29)/t19-,21+/m1/s1. The molecule has 160 valence electrons. The molecule has 4 rings (SSSR count). The highest BCUT2D eigenvalue weighted by atomic mass is 16.5. The number of hydrogen-bond donors (Lipinski definition) is 2. The van der Waals surface area contributed by atoms with E-state index in [9.17, 15) is 14.7 Å². The minimum atomic E-state index is -0.633. The average molecular weight is 412 g/mol. The summed E-state index contributed by atoms with van der Waals surface area (Å²) in [5, 5.41) is 17.7. The number of rotatable bonds is 4. The molecule has 2 aliphatic heterocycles. The first-order chi connectivity index (χ1) is 14.4. The quantitative estimate of drug-likeness (QED) is 0.806. The molecule has 7 heteroatoms. The number of aliphatic hydroxyl groups excluding tert-OH is 1. The lowest BCUT2D eigenvalue weighted by molar-refractivity contribution is -0.148. The van der Waals surface area contributed by atoms with Gasteiger partial charge >= 0.3 is 0 Å². The molecule has 2 fully saturated rings. The van der Waals surface area contributed by atoms with Crippen molar-refractivity contribution in [3.05, 3.63) is 52.9 Å². The Morgan fingerprint density at radius 2 is 1.97 bits per heavy atom. The fourth-order valence-electron chi connectivity index (χ4n) is 4.83. The maximum absolute atomic E-state index is 13.0. The van der Waals surface area contributed by atoms with Crippen LogP contribution in [0.3, 0.4) is 0 Å². The number of carbonyl (C=O) groups is 2. The maximum Gasteiger partial charge on any atom is 0.227 e. The molecular weight excluding hydrogens is 382 g/mol. The summed E-state index contributed by atoms with van der Waals surface area (Å²) in [7, 11) is 0. The molecule has 1 spiro atoms. The van der Waals surface area contributed by atoms with Crippen molar-refractivity contribution in [3.63, 3.8) is 0 Å². The van der Waals surface area contributed by atoms with Crippen LogP contribution >= 0.6 is 0 Å². The molecule has 2 aliphatic rings. The number of nitrogens with zero attached hydrogens (tertiary/aromatic N) is 2. The molecule has 0 radical (unpaired) electrons. The number of nitrogens with one attached hydrogen (secondary N) is 1. The largest absolute Gasteiger partial charge is 0.391 e. The molecule has 30 heavy (non-hydrogen) atoms. The number of piperidine rings is 2. The lowest BCUT2D eigenvalue weighted by Gasteiger charge is -2.46. The number of aryl methyl sites for hydroxylation is 2. The lowest BCUT2D eigenvalue weighted by atomic mass is 9.69. The van der Waals surface area contributed by atoms with E-state index in [1.165, 1.54) is 0 Å².